The van der Waals surface area contributed by atoms with E-state index in [9.17, 15) is 4.79 Å². The van der Waals surface area contributed by atoms with Crippen molar-refractivity contribution < 1.29 is 9.53 Å². The molecular formula is C13H19ClN2O2. The van der Waals surface area contributed by atoms with Crippen LogP contribution in [-0.4, -0.2) is 19.1 Å². The van der Waals surface area contributed by atoms with Crippen molar-refractivity contribution >= 4 is 28.9 Å². The molecule has 0 aliphatic heterocycles. The smallest absolute Gasteiger partial charge is 0.226 e. The minimum Gasteiger partial charge on any atom is -0.398 e. The first-order valence-electron chi connectivity index (χ1n) is 5.97. The molecule has 0 unspecified atom stereocenters. The second-order valence-electron chi connectivity index (χ2n) is 4.10. The predicted molar refractivity (Wildman–Crippen MR) is 75.0 cm³/mol. The average Bonchev–Trinajstić information content (AvgIpc) is 2.32. The predicted octanol–water partition coefficient (Wildman–Crippen LogP) is 2.99. The molecule has 0 saturated carbocycles. The van der Waals surface area contributed by atoms with Crippen LogP contribution in [0, 0.1) is 6.92 Å². The van der Waals surface area contributed by atoms with Crippen LogP contribution in [0.1, 0.15) is 25.3 Å². The molecule has 0 saturated heterocycles. The van der Waals surface area contributed by atoms with Crippen LogP contribution in [0.3, 0.4) is 0 Å². The second kappa shape index (κ2) is 7.24. The molecular weight excluding hydrogens is 252 g/mol. The number of halogens is 1. The Balaban J connectivity index is 2.51. The zero-order valence-corrected chi connectivity index (χ0v) is 11.5. The number of rotatable bonds is 6. The number of ether oxygens (including phenoxy) is 1. The number of anilines is 2. The number of benzene rings is 1. The van der Waals surface area contributed by atoms with E-state index in [-0.39, 0.29) is 5.91 Å². The van der Waals surface area contributed by atoms with Crippen molar-refractivity contribution in [2.24, 2.45) is 0 Å². The highest BCUT2D eigenvalue weighted by Crippen LogP contribution is 2.26. The van der Waals surface area contributed by atoms with Crippen LogP contribution < -0.4 is 11.1 Å². The molecule has 0 aliphatic carbocycles. The summed E-state index contributed by atoms with van der Waals surface area (Å²) in [5.41, 5.74) is 7.76. The Labute approximate surface area is 112 Å². The molecule has 4 nitrogen and oxygen atoms in total. The summed E-state index contributed by atoms with van der Waals surface area (Å²) in [7, 11) is 0. The number of nitrogens with one attached hydrogen (secondary N) is 1. The van der Waals surface area contributed by atoms with Crippen molar-refractivity contribution in [3.63, 3.8) is 0 Å². The molecule has 0 aliphatic rings. The summed E-state index contributed by atoms with van der Waals surface area (Å²) in [4.78, 5) is 11.7. The van der Waals surface area contributed by atoms with E-state index in [2.05, 4.69) is 5.32 Å². The number of amides is 1. The van der Waals surface area contributed by atoms with Gasteiger partial charge in [-0.2, -0.15) is 0 Å². The lowest BCUT2D eigenvalue weighted by Crippen LogP contribution is -2.15. The van der Waals surface area contributed by atoms with Gasteiger partial charge in [-0.3, -0.25) is 4.79 Å². The van der Waals surface area contributed by atoms with E-state index in [0.29, 0.717) is 36.0 Å². The van der Waals surface area contributed by atoms with Crippen LogP contribution in [0.4, 0.5) is 11.4 Å². The Bertz CT molecular complexity index is 422. The molecule has 0 aromatic heterocycles. The van der Waals surface area contributed by atoms with Gasteiger partial charge >= 0.3 is 0 Å². The SMILES string of the molecule is CCCOCCC(=O)Nc1cc(Cl)c(N)cc1C. The molecule has 1 amide bonds. The van der Waals surface area contributed by atoms with Crippen LogP contribution in [0.5, 0.6) is 0 Å². The topological polar surface area (TPSA) is 64.3 Å². The third kappa shape index (κ3) is 4.55. The van der Waals surface area contributed by atoms with Crippen LogP contribution >= 0.6 is 11.6 Å². The lowest BCUT2D eigenvalue weighted by molar-refractivity contribution is -0.117. The third-order valence-corrected chi connectivity index (χ3v) is 2.77. The molecule has 5 heteroatoms. The van der Waals surface area contributed by atoms with E-state index in [1.54, 1.807) is 12.1 Å². The van der Waals surface area contributed by atoms with Crippen LogP contribution in [0.25, 0.3) is 0 Å². The van der Waals surface area contributed by atoms with Crippen LogP contribution in [0.2, 0.25) is 5.02 Å². The monoisotopic (exact) mass is 270 g/mol. The summed E-state index contributed by atoms with van der Waals surface area (Å²) in [6, 6.07) is 3.41. The van der Waals surface area contributed by atoms with Gasteiger partial charge in [0, 0.05) is 12.3 Å². The standard InChI is InChI=1S/C13H19ClN2O2/c1-3-5-18-6-4-13(17)16-12-8-10(14)11(15)7-9(12)2/h7-8H,3-6,15H2,1-2H3,(H,16,17). The highest BCUT2D eigenvalue weighted by atomic mass is 35.5. The van der Waals surface area contributed by atoms with E-state index in [1.807, 2.05) is 13.8 Å². The minimum atomic E-state index is -0.0879. The van der Waals surface area contributed by atoms with Crippen molar-refractivity contribution in [2.45, 2.75) is 26.7 Å². The quantitative estimate of drug-likeness (QED) is 0.617. The Morgan fingerprint density at radius 2 is 2.17 bits per heavy atom. The Morgan fingerprint density at radius 3 is 2.83 bits per heavy atom. The van der Waals surface area contributed by atoms with E-state index in [4.69, 9.17) is 22.1 Å². The summed E-state index contributed by atoms with van der Waals surface area (Å²) < 4.78 is 5.26. The van der Waals surface area contributed by atoms with Crippen molar-refractivity contribution in [2.75, 3.05) is 24.3 Å². The van der Waals surface area contributed by atoms with Gasteiger partial charge < -0.3 is 15.8 Å². The molecule has 0 fully saturated rings. The Hall–Kier alpha value is -1.26. The van der Waals surface area contributed by atoms with Crippen LogP contribution in [0.15, 0.2) is 12.1 Å². The van der Waals surface area contributed by atoms with Crippen LogP contribution in [-0.2, 0) is 9.53 Å². The van der Waals surface area contributed by atoms with Gasteiger partial charge in [-0.05, 0) is 31.0 Å². The zero-order chi connectivity index (χ0) is 13.5. The molecule has 0 bridgehead atoms. The fraction of sp³-hybridized carbons (Fsp3) is 0.462. The highest BCUT2D eigenvalue weighted by Gasteiger charge is 2.07. The largest absolute Gasteiger partial charge is 0.398 e. The maximum atomic E-state index is 11.7. The number of hydrogen-bond acceptors (Lipinski definition) is 3. The molecule has 1 rings (SSSR count). The maximum absolute atomic E-state index is 11.7. The summed E-state index contributed by atoms with van der Waals surface area (Å²) in [5, 5.41) is 3.24. The van der Waals surface area contributed by atoms with Crippen molar-refractivity contribution in [3.8, 4) is 0 Å². The summed E-state index contributed by atoms with van der Waals surface area (Å²) in [6.45, 7) is 5.01. The molecule has 0 heterocycles. The third-order valence-electron chi connectivity index (χ3n) is 2.44. The van der Waals surface area contributed by atoms with Gasteiger partial charge in [0.05, 0.1) is 23.7 Å². The molecule has 3 N–H and O–H groups in total. The minimum absolute atomic E-state index is 0.0879. The highest BCUT2D eigenvalue weighted by molar-refractivity contribution is 6.33. The summed E-state index contributed by atoms with van der Waals surface area (Å²) >= 11 is 5.91. The zero-order valence-electron chi connectivity index (χ0n) is 10.8. The van der Waals surface area contributed by atoms with Gasteiger partial charge in [-0.15, -0.1) is 0 Å². The molecule has 0 spiro atoms. The van der Waals surface area contributed by atoms with Crippen molar-refractivity contribution in [1.29, 1.82) is 0 Å². The molecule has 1 aromatic rings. The normalized spacial score (nSPS) is 10.4. The average molecular weight is 271 g/mol. The first kappa shape index (κ1) is 14.8. The summed E-state index contributed by atoms with van der Waals surface area (Å²) in [6.07, 6.45) is 1.29. The van der Waals surface area contributed by atoms with E-state index < -0.39 is 0 Å². The Morgan fingerprint density at radius 1 is 1.44 bits per heavy atom. The van der Waals surface area contributed by atoms with Gasteiger partial charge in [-0.1, -0.05) is 18.5 Å². The number of nitrogen functional groups attached to an aromatic ring is 1. The summed E-state index contributed by atoms with van der Waals surface area (Å²) in [5.74, 6) is -0.0879. The molecule has 100 valence electrons. The van der Waals surface area contributed by atoms with Gasteiger partial charge in [0.15, 0.2) is 0 Å². The van der Waals surface area contributed by atoms with E-state index >= 15 is 0 Å². The molecule has 0 radical (unpaired) electrons. The second-order valence-corrected chi connectivity index (χ2v) is 4.51. The Kier molecular flexibility index (Phi) is 5.95. The lowest BCUT2D eigenvalue weighted by Gasteiger charge is -2.10. The van der Waals surface area contributed by atoms with Gasteiger partial charge in [0.2, 0.25) is 5.91 Å². The number of aryl methyl sites for hydroxylation is 1. The number of carbonyl (C=O) groups is 1. The fourth-order valence-electron chi connectivity index (χ4n) is 1.46. The number of hydrogen-bond donors (Lipinski definition) is 2. The first-order valence-corrected chi connectivity index (χ1v) is 6.35. The van der Waals surface area contributed by atoms with Gasteiger partial charge in [-0.25, -0.2) is 0 Å². The molecule has 0 atom stereocenters. The first-order chi connectivity index (χ1) is 8.54. The lowest BCUT2D eigenvalue weighted by atomic mass is 10.1. The van der Waals surface area contributed by atoms with Crippen molar-refractivity contribution in [3.05, 3.63) is 22.7 Å². The van der Waals surface area contributed by atoms with E-state index in [1.165, 1.54) is 0 Å². The van der Waals surface area contributed by atoms with E-state index in [0.717, 1.165) is 12.0 Å². The molecule has 1 aromatic carbocycles. The number of carbonyl (C=O) groups excluding carboxylic acids is 1. The van der Waals surface area contributed by atoms with Gasteiger partial charge in [0.1, 0.15) is 0 Å². The number of nitrogens with two attached hydrogens (primary N) is 1. The fourth-order valence-corrected chi connectivity index (χ4v) is 1.63. The van der Waals surface area contributed by atoms with Gasteiger partial charge in [0.25, 0.3) is 0 Å². The molecule has 18 heavy (non-hydrogen) atoms. The maximum Gasteiger partial charge on any atom is 0.226 e. The van der Waals surface area contributed by atoms with Crippen molar-refractivity contribution in [1.82, 2.24) is 0 Å².